The van der Waals surface area contributed by atoms with Crippen molar-refractivity contribution in [3.05, 3.63) is 41.0 Å². The minimum atomic E-state index is -0.533. The molecule has 1 atom stereocenters. The molecule has 186 valence electrons. The van der Waals surface area contributed by atoms with Crippen LogP contribution < -0.4 is 15.5 Å². The fourth-order valence-electron chi connectivity index (χ4n) is 5.42. The molecule has 34 heavy (non-hydrogen) atoms. The maximum atomic E-state index is 12.6. The highest BCUT2D eigenvalue weighted by Crippen LogP contribution is 2.31. The number of benzene rings is 1. The van der Waals surface area contributed by atoms with Gasteiger partial charge in [0.1, 0.15) is 0 Å². The Balaban J connectivity index is 1.37. The van der Waals surface area contributed by atoms with Gasteiger partial charge < -0.3 is 20.4 Å². The summed E-state index contributed by atoms with van der Waals surface area (Å²) < 4.78 is 0. The monoisotopic (exact) mass is 467 g/mol. The van der Waals surface area contributed by atoms with Gasteiger partial charge in [0, 0.05) is 58.5 Å². The molecule has 2 N–H and O–H groups in total. The van der Waals surface area contributed by atoms with Gasteiger partial charge in [-0.25, -0.2) is 0 Å². The van der Waals surface area contributed by atoms with Crippen LogP contribution in [0.25, 0.3) is 0 Å². The van der Waals surface area contributed by atoms with Gasteiger partial charge in [-0.3, -0.25) is 14.5 Å². The highest BCUT2D eigenvalue weighted by atomic mass is 16.2. The maximum absolute atomic E-state index is 12.6. The van der Waals surface area contributed by atoms with Crippen LogP contribution in [-0.2, 0) is 16.0 Å². The van der Waals surface area contributed by atoms with Gasteiger partial charge in [-0.2, -0.15) is 0 Å². The fraction of sp³-hybridized carbons (Fsp3) is 0.630. The molecular weight excluding hydrogens is 426 g/mol. The van der Waals surface area contributed by atoms with Crippen molar-refractivity contribution in [1.29, 1.82) is 0 Å². The maximum Gasteiger partial charge on any atom is 0.309 e. The second-order valence-electron chi connectivity index (χ2n) is 10.1. The van der Waals surface area contributed by atoms with Crippen molar-refractivity contribution in [2.24, 2.45) is 0 Å². The first kappa shape index (κ1) is 24.7. The number of amides is 2. The van der Waals surface area contributed by atoms with Crippen molar-refractivity contribution in [3.63, 3.8) is 0 Å². The number of piperazine rings is 1. The van der Waals surface area contributed by atoms with E-state index in [1.807, 2.05) is 0 Å². The molecule has 0 saturated carbocycles. The number of nitrogens with zero attached hydrogens (tertiary/aromatic N) is 3. The molecule has 1 aliphatic carbocycles. The lowest BCUT2D eigenvalue weighted by Gasteiger charge is -2.39. The minimum Gasteiger partial charge on any atom is -0.374 e. The summed E-state index contributed by atoms with van der Waals surface area (Å²) in [5.41, 5.74) is 5.32. The standard InChI is InChI=1S/C27H41N5O2/c1-30-15-17-32(18-16-30)25(23-10-11-24-22(19-23)9-6-14-31(24)2)20-29-27(34)26(33)28-13-12-21-7-4-3-5-8-21/h7,10-11,19,25H,3-6,8-9,12-18,20H2,1-2H3,(H,28,33)(H,29,34)/t25-/m0/s1. The summed E-state index contributed by atoms with van der Waals surface area (Å²) in [5, 5.41) is 5.74. The minimum absolute atomic E-state index is 0.0652. The molecule has 1 aromatic carbocycles. The number of hydrogen-bond donors (Lipinski definition) is 2. The molecule has 2 amide bonds. The lowest BCUT2D eigenvalue weighted by molar-refractivity contribution is -0.139. The van der Waals surface area contributed by atoms with E-state index in [4.69, 9.17) is 0 Å². The summed E-state index contributed by atoms with van der Waals surface area (Å²) >= 11 is 0. The van der Waals surface area contributed by atoms with Crippen LogP contribution in [0.1, 0.15) is 55.7 Å². The van der Waals surface area contributed by atoms with Crippen LogP contribution in [0, 0.1) is 0 Å². The molecule has 1 fully saturated rings. The molecule has 0 spiro atoms. The van der Waals surface area contributed by atoms with Gasteiger partial charge in [-0.1, -0.05) is 23.8 Å². The zero-order chi connectivity index (χ0) is 23.9. The Kier molecular flexibility index (Phi) is 8.62. The zero-order valence-electron chi connectivity index (χ0n) is 20.9. The number of aryl methyl sites for hydroxylation is 1. The molecular formula is C27H41N5O2. The Labute approximate surface area is 204 Å². The number of fused-ring (bicyclic) bond motifs is 1. The predicted molar refractivity (Wildman–Crippen MR) is 137 cm³/mol. The molecule has 0 bridgehead atoms. The molecule has 0 aromatic heterocycles. The molecule has 4 rings (SSSR count). The molecule has 1 aromatic rings. The van der Waals surface area contributed by atoms with E-state index in [1.54, 1.807) is 0 Å². The van der Waals surface area contributed by atoms with Gasteiger partial charge in [-0.15, -0.1) is 0 Å². The second-order valence-corrected chi connectivity index (χ2v) is 10.1. The third kappa shape index (κ3) is 6.39. The summed E-state index contributed by atoms with van der Waals surface area (Å²) in [6.07, 6.45) is 10.1. The highest BCUT2D eigenvalue weighted by Gasteiger charge is 2.27. The first-order valence-corrected chi connectivity index (χ1v) is 13.0. The highest BCUT2D eigenvalue weighted by molar-refractivity contribution is 6.35. The lowest BCUT2D eigenvalue weighted by atomic mass is 9.95. The van der Waals surface area contributed by atoms with Gasteiger partial charge in [0.05, 0.1) is 6.04 Å². The molecule has 1 saturated heterocycles. The largest absolute Gasteiger partial charge is 0.374 e. The first-order chi connectivity index (χ1) is 16.5. The van der Waals surface area contributed by atoms with E-state index in [0.29, 0.717) is 13.1 Å². The number of carbonyl (C=O) groups is 2. The van der Waals surface area contributed by atoms with Gasteiger partial charge in [-0.05, 0) is 69.2 Å². The van der Waals surface area contributed by atoms with Gasteiger partial charge >= 0.3 is 11.8 Å². The normalized spacial score (nSPS) is 20.3. The molecule has 0 radical (unpaired) electrons. The van der Waals surface area contributed by atoms with Crippen LogP contribution in [0.4, 0.5) is 5.69 Å². The molecule has 7 heteroatoms. The third-order valence-corrected chi connectivity index (χ3v) is 7.60. The quantitative estimate of drug-likeness (QED) is 0.476. The van der Waals surface area contributed by atoms with Gasteiger partial charge in [0.15, 0.2) is 0 Å². The van der Waals surface area contributed by atoms with E-state index in [1.165, 1.54) is 41.6 Å². The topological polar surface area (TPSA) is 67.9 Å². The van der Waals surface area contributed by atoms with Crippen LogP contribution in [0.2, 0.25) is 0 Å². The van der Waals surface area contributed by atoms with Crippen molar-refractivity contribution < 1.29 is 9.59 Å². The summed E-state index contributed by atoms with van der Waals surface area (Å²) in [7, 11) is 4.30. The van der Waals surface area contributed by atoms with Crippen LogP contribution in [-0.4, -0.2) is 81.5 Å². The van der Waals surface area contributed by atoms with Crippen molar-refractivity contribution in [2.45, 2.75) is 51.0 Å². The van der Waals surface area contributed by atoms with Crippen LogP contribution in [0.15, 0.2) is 29.8 Å². The number of rotatable bonds is 7. The van der Waals surface area contributed by atoms with Crippen molar-refractivity contribution in [3.8, 4) is 0 Å². The van der Waals surface area contributed by atoms with E-state index < -0.39 is 11.8 Å². The Morgan fingerprint density at radius 2 is 1.74 bits per heavy atom. The van der Waals surface area contributed by atoms with Crippen molar-refractivity contribution in [1.82, 2.24) is 20.4 Å². The smallest absolute Gasteiger partial charge is 0.309 e. The van der Waals surface area contributed by atoms with Crippen molar-refractivity contribution >= 4 is 17.5 Å². The van der Waals surface area contributed by atoms with E-state index in [9.17, 15) is 9.59 Å². The first-order valence-electron chi connectivity index (χ1n) is 13.0. The number of nitrogens with one attached hydrogen (secondary N) is 2. The predicted octanol–water partition coefficient (Wildman–Crippen LogP) is 2.48. The van der Waals surface area contributed by atoms with Crippen molar-refractivity contribution in [2.75, 3.05) is 64.8 Å². The zero-order valence-corrected chi connectivity index (χ0v) is 20.9. The number of allylic oxidation sites excluding steroid dienone is 1. The SMILES string of the molecule is CN1CCN([C@@H](CNC(=O)C(=O)NCCC2=CCCCC2)c2ccc3c(c2)CCCN3C)CC1. The molecule has 0 unspecified atom stereocenters. The van der Waals surface area contributed by atoms with Crippen LogP contribution in [0.3, 0.4) is 0 Å². The van der Waals surface area contributed by atoms with E-state index in [2.05, 4.69) is 63.7 Å². The van der Waals surface area contributed by atoms with Gasteiger partial charge in [0.25, 0.3) is 0 Å². The summed E-state index contributed by atoms with van der Waals surface area (Å²) in [6, 6.07) is 6.81. The Morgan fingerprint density at radius 3 is 2.50 bits per heavy atom. The summed E-state index contributed by atoms with van der Waals surface area (Å²) in [5.74, 6) is -1.06. The molecule has 2 aliphatic heterocycles. The van der Waals surface area contributed by atoms with E-state index >= 15 is 0 Å². The molecule has 7 nitrogen and oxygen atoms in total. The number of likely N-dealkylation sites (N-methyl/N-ethyl adjacent to an activating group) is 1. The molecule has 2 heterocycles. The summed E-state index contributed by atoms with van der Waals surface area (Å²) in [6.45, 7) is 5.98. The summed E-state index contributed by atoms with van der Waals surface area (Å²) in [4.78, 5) is 32.1. The average Bonchev–Trinajstić information content (AvgIpc) is 2.86. The number of carbonyl (C=O) groups excluding carboxylic acids is 2. The Morgan fingerprint density at radius 1 is 0.941 bits per heavy atom. The number of hydrogen-bond acceptors (Lipinski definition) is 5. The van der Waals surface area contributed by atoms with Gasteiger partial charge in [0.2, 0.25) is 0 Å². The third-order valence-electron chi connectivity index (χ3n) is 7.60. The second kappa shape index (κ2) is 11.8. The van der Waals surface area contributed by atoms with Crippen LogP contribution >= 0.6 is 0 Å². The Hall–Kier alpha value is -2.38. The van der Waals surface area contributed by atoms with E-state index in [-0.39, 0.29) is 6.04 Å². The van der Waals surface area contributed by atoms with E-state index in [0.717, 1.165) is 58.4 Å². The number of anilines is 1. The van der Waals surface area contributed by atoms with Crippen LogP contribution in [0.5, 0.6) is 0 Å². The average molecular weight is 468 g/mol. The lowest BCUT2D eigenvalue weighted by Crippen LogP contribution is -2.49. The Bertz CT molecular complexity index is 891. The molecule has 3 aliphatic rings. The fourth-order valence-corrected chi connectivity index (χ4v) is 5.42.